The van der Waals surface area contributed by atoms with E-state index in [9.17, 15) is 9.59 Å². The number of ether oxygens (including phenoxy) is 1. The average molecular weight is 333 g/mol. The van der Waals surface area contributed by atoms with E-state index in [-0.39, 0.29) is 23.5 Å². The van der Waals surface area contributed by atoms with Gasteiger partial charge in [0, 0.05) is 6.04 Å². The van der Waals surface area contributed by atoms with Crippen molar-refractivity contribution >= 4 is 35.0 Å². The second-order valence-corrected chi connectivity index (χ2v) is 5.54. The van der Waals surface area contributed by atoms with Gasteiger partial charge in [-0.1, -0.05) is 29.3 Å². The number of nitrogens with one attached hydrogen (secondary N) is 2. The summed E-state index contributed by atoms with van der Waals surface area (Å²) in [6.45, 7) is 5.14. The highest BCUT2D eigenvalue weighted by atomic mass is 35.5. The van der Waals surface area contributed by atoms with Gasteiger partial charge in [-0.2, -0.15) is 0 Å². The molecule has 5 nitrogen and oxygen atoms in total. The van der Waals surface area contributed by atoms with Crippen LogP contribution in [0.2, 0.25) is 10.0 Å². The van der Waals surface area contributed by atoms with Gasteiger partial charge in [-0.05, 0) is 32.9 Å². The molecule has 116 valence electrons. The smallest absolute Gasteiger partial charge is 0.261 e. The van der Waals surface area contributed by atoms with E-state index in [2.05, 4.69) is 10.6 Å². The van der Waals surface area contributed by atoms with Crippen molar-refractivity contribution in [3.8, 4) is 5.75 Å². The second kappa shape index (κ2) is 8.10. The fourth-order valence-corrected chi connectivity index (χ4v) is 1.84. The van der Waals surface area contributed by atoms with Gasteiger partial charge < -0.3 is 15.4 Å². The number of benzene rings is 1. The molecule has 7 heteroatoms. The van der Waals surface area contributed by atoms with E-state index in [0.29, 0.717) is 10.8 Å². The summed E-state index contributed by atoms with van der Waals surface area (Å²) in [4.78, 5) is 23.3. The van der Waals surface area contributed by atoms with E-state index >= 15 is 0 Å². The minimum Gasteiger partial charge on any atom is -0.479 e. The largest absolute Gasteiger partial charge is 0.479 e. The van der Waals surface area contributed by atoms with Gasteiger partial charge in [0.2, 0.25) is 5.91 Å². The van der Waals surface area contributed by atoms with Crippen LogP contribution in [0.25, 0.3) is 0 Å². The Hall–Kier alpha value is -1.46. The van der Waals surface area contributed by atoms with Crippen LogP contribution >= 0.6 is 23.2 Å². The summed E-state index contributed by atoms with van der Waals surface area (Å²) < 4.78 is 5.44. The predicted octanol–water partition coefficient (Wildman–Crippen LogP) is 2.40. The number of amides is 2. The van der Waals surface area contributed by atoms with Crippen molar-refractivity contribution in [2.24, 2.45) is 0 Å². The molecule has 0 saturated carbocycles. The van der Waals surface area contributed by atoms with Gasteiger partial charge in [-0.3, -0.25) is 9.59 Å². The third kappa shape index (κ3) is 5.81. The number of hydrogen-bond acceptors (Lipinski definition) is 3. The van der Waals surface area contributed by atoms with E-state index in [1.54, 1.807) is 25.1 Å². The molecule has 0 radical (unpaired) electrons. The fourth-order valence-electron chi connectivity index (χ4n) is 1.50. The van der Waals surface area contributed by atoms with Gasteiger partial charge in [-0.25, -0.2) is 0 Å². The third-order valence-electron chi connectivity index (χ3n) is 2.46. The molecule has 0 heterocycles. The lowest BCUT2D eigenvalue weighted by Gasteiger charge is -2.16. The Kier molecular flexibility index (Phi) is 6.78. The Bertz CT molecular complexity index is 521. The minimum absolute atomic E-state index is 0.0216. The number of hydrogen-bond donors (Lipinski definition) is 2. The Morgan fingerprint density at radius 2 is 1.90 bits per heavy atom. The van der Waals surface area contributed by atoms with Gasteiger partial charge in [0.1, 0.15) is 10.8 Å². The Morgan fingerprint density at radius 3 is 2.52 bits per heavy atom. The van der Waals surface area contributed by atoms with Crippen LogP contribution in [-0.4, -0.2) is 30.5 Å². The van der Waals surface area contributed by atoms with E-state index in [0.717, 1.165) is 0 Å². The topological polar surface area (TPSA) is 67.4 Å². The van der Waals surface area contributed by atoms with Crippen molar-refractivity contribution in [2.75, 3.05) is 6.54 Å². The lowest BCUT2D eigenvalue weighted by Crippen LogP contribution is -2.43. The quantitative estimate of drug-likeness (QED) is 0.840. The third-order valence-corrected chi connectivity index (χ3v) is 3.26. The highest BCUT2D eigenvalue weighted by Crippen LogP contribution is 2.31. The SMILES string of the molecule is CC(C)NC(=O)CNC(=O)C(C)Oc1cccc(Cl)c1Cl. The number of rotatable bonds is 6. The lowest BCUT2D eigenvalue weighted by molar-refractivity contribution is -0.130. The first-order valence-corrected chi connectivity index (χ1v) is 7.24. The molecule has 0 bridgehead atoms. The normalized spacial score (nSPS) is 11.9. The highest BCUT2D eigenvalue weighted by molar-refractivity contribution is 6.42. The molecule has 21 heavy (non-hydrogen) atoms. The van der Waals surface area contributed by atoms with Gasteiger partial charge in [0.15, 0.2) is 6.10 Å². The van der Waals surface area contributed by atoms with Crippen LogP contribution in [-0.2, 0) is 9.59 Å². The summed E-state index contributed by atoms with van der Waals surface area (Å²) in [5.41, 5.74) is 0. The van der Waals surface area contributed by atoms with Crippen molar-refractivity contribution in [2.45, 2.75) is 32.9 Å². The van der Waals surface area contributed by atoms with Crippen molar-refractivity contribution in [3.63, 3.8) is 0 Å². The van der Waals surface area contributed by atoms with E-state index in [1.807, 2.05) is 13.8 Å². The van der Waals surface area contributed by atoms with E-state index < -0.39 is 12.0 Å². The van der Waals surface area contributed by atoms with Crippen LogP contribution in [0, 0.1) is 0 Å². The predicted molar refractivity (Wildman–Crippen MR) is 82.8 cm³/mol. The number of carbonyl (C=O) groups excluding carboxylic acids is 2. The van der Waals surface area contributed by atoms with Crippen LogP contribution in [0.4, 0.5) is 0 Å². The molecule has 1 rings (SSSR count). The first-order chi connectivity index (χ1) is 9.81. The minimum atomic E-state index is -0.798. The lowest BCUT2D eigenvalue weighted by atomic mass is 10.3. The standard InChI is InChI=1S/C14H18Cl2N2O3/c1-8(2)18-12(19)7-17-14(20)9(3)21-11-6-4-5-10(15)13(11)16/h4-6,8-9H,7H2,1-3H3,(H,17,20)(H,18,19). The molecule has 2 amide bonds. The molecule has 0 aliphatic heterocycles. The maximum atomic E-state index is 11.8. The maximum absolute atomic E-state index is 11.8. The monoisotopic (exact) mass is 332 g/mol. The molecular weight excluding hydrogens is 315 g/mol. The Morgan fingerprint density at radius 1 is 1.24 bits per heavy atom. The van der Waals surface area contributed by atoms with Gasteiger partial charge in [0.25, 0.3) is 5.91 Å². The molecular formula is C14H18Cl2N2O3. The van der Waals surface area contributed by atoms with Crippen LogP contribution in [0.1, 0.15) is 20.8 Å². The van der Waals surface area contributed by atoms with Crippen LogP contribution in [0.15, 0.2) is 18.2 Å². The first-order valence-electron chi connectivity index (χ1n) is 6.49. The highest BCUT2D eigenvalue weighted by Gasteiger charge is 2.17. The number of halogens is 2. The summed E-state index contributed by atoms with van der Waals surface area (Å²) >= 11 is 11.8. The van der Waals surface area contributed by atoms with Gasteiger partial charge in [-0.15, -0.1) is 0 Å². The summed E-state index contributed by atoms with van der Waals surface area (Å²) in [5, 5.41) is 5.75. The van der Waals surface area contributed by atoms with E-state index in [4.69, 9.17) is 27.9 Å². The molecule has 0 aliphatic carbocycles. The van der Waals surface area contributed by atoms with Crippen LogP contribution in [0.3, 0.4) is 0 Å². The zero-order chi connectivity index (χ0) is 16.0. The van der Waals surface area contributed by atoms with Crippen LogP contribution < -0.4 is 15.4 Å². The maximum Gasteiger partial charge on any atom is 0.261 e. The summed E-state index contributed by atoms with van der Waals surface area (Å²) in [7, 11) is 0. The van der Waals surface area contributed by atoms with Gasteiger partial charge >= 0.3 is 0 Å². The van der Waals surface area contributed by atoms with Crippen molar-refractivity contribution in [1.82, 2.24) is 10.6 Å². The molecule has 1 unspecified atom stereocenters. The summed E-state index contributed by atoms with van der Waals surface area (Å²) in [5.74, 6) is -0.352. The summed E-state index contributed by atoms with van der Waals surface area (Å²) in [6, 6.07) is 4.93. The average Bonchev–Trinajstić information content (AvgIpc) is 2.40. The fraction of sp³-hybridized carbons (Fsp3) is 0.429. The molecule has 0 aliphatic rings. The summed E-state index contributed by atoms with van der Waals surface area (Å²) in [6.07, 6.45) is -0.798. The molecule has 1 aromatic carbocycles. The van der Waals surface area contributed by atoms with Crippen LogP contribution in [0.5, 0.6) is 5.75 Å². The molecule has 1 aromatic rings. The zero-order valence-electron chi connectivity index (χ0n) is 12.1. The van der Waals surface area contributed by atoms with Gasteiger partial charge in [0.05, 0.1) is 11.6 Å². The Labute approximate surface area is 133 Å². The molecule has 0 fully saturated rings. The number of carbonyl (C=O) groups is 2. The second-order valence-electron chi connectivity index (χ2n) is 4.75. The molecule has 0 spiro atoms. The van der Waals surface area contributed by atoms with Crippen molar-refractivity contribution in [1.29, 1.82) is 0 Å². The van der Waals surface area contributed by atoms with E-state index in [1.165, 1.54) is 0 Å². The molecule has 0 aromatic heterocycles. The van der Waals surface area contributed by atoms with Crippen molar-refractivity contribution in [3.05, 3.63) is 28.2 Å². The molecule has 0 saturated heterocycles. The zero-order valence-corrected chi connectivity index (χ0v) is 13.6. The Balaban J connectivity index is 2.51. The first kappa shape index (κ1) is 17.6. The van der Waals surface area contributed by atoms with Crippen molar-refractivity contribution < 1.29 is 14.3 Å². The molecule has 1 atom stereocenters. The molecule has 2 N–H and O–H groups in total.